The monoisotopic (exact) mass is 283 g/mol. The van der Waals surface area contributed by atoms with Crippen molar-refractivity contribution in [1.82, 2.24) is 4.98 Å². The van der Waals surface area contributed by atoms with Crippen LogP contribution in [0.5, 0.6) is 0 Å². The van der Waals surface area contributed by atoms with E-state index in [1.165, 1.54) is 12.3 Å². The number of nitrogens with one attached hydrogen (secondary N) is 1. The van der Waals surface area contributed by atoms with E-state index in [2.05, 4.69) is 10.3 Å². The van der Waals surface area contributed by atoms with Crippen molar-refractivity contribution in [2.45, 2.75) is 13.1 Å². The highest BCUT2D eigenvalue weighted by Crippen LogP contribution is 2.37. The molecule has 0 amide bonds. The van der Waals surface area contributed by atoms with E-state index in [-0.39, 0.29) is 5.69 Å². The molecule has 0 aliphatic rings. The van der Waals surface area contributed by atoms with Gasteiger partial charge in [-0.25, -0.2) is 4.39 Å². The number of hydrogen-bond acceptors (Lipinski definition) is 2. The summed E-state index contributed by atoms with van der Waals surface area (Å²) in [6, 6.07) is 5.98. The summed E-state index contributed by atoms with van der Waals surface area (Å²) in [5, 5.41) is 2.43. The van der Waals surface area contributed by atoms with Gasteiger partial charge in [0.2, 0.25) is 0 Å². The lowest BCUT2D eigenvalue weighted by molar-refractivity contribution is -0.137. The quantitative estimate of drug-likeness (QED) is 0.835. The van der Waals surface area contributed by atoms with Gasteiger partial charge in [-0.1, -0.05) is 13.0 Å². The van der Waals surface area contributed by atoms with Crippen molar-refractivity contribution in [3.05, 3.63) is 60.0 Å². The predicted octanol–water partition coefficient (Wildman–Crippen LogP) is 4.56. The lowest BCUT2D eigenvalue weighted by Crippen LogP contribution is -2.10. The number of halogens is 4. The summed E-state index contributed by atoms with van der Waals surface area (Å²) in [6.07, 6.45) is -1.54. The van der Waals surface area contributed by atoms with E-state index in [1.54, 1.807) is 19.4 Å². The zero-order chi connectivity index (χ0) is 14.8. The fraction of sp³-hybridized carbons (Fsp3) is 0.143. The summed E-state index contributed by atoms with van der Waals surface area (Å²) < 4.78 is 52.1. The maximum atomic E-state index is 13.6. The fourth-order valence-electron chi connectivity index (χ4n) is 1.68. The Kier molecular flexibility index (Phi) is 3.92. The molecule has 6 heteroatoms. The number of benzene rings is 1. The molecule has 0 saturated carbocycles. The third-order valence-electron chi connectivity index (χ3n) is 2.67. The Hall–Kier alpha value is -2.11. The first-order valence-electron chi connectivity index (χ1n) is 5.80. The van der Waals surface area contributed by atoms with Gasteiger partial charge in [0.05, 0.1) is 23.1 Å². The van der Waals surface area contributed by atoms with Gasteiger partial charge < -0.3 is 5.32 Å². The van der Waals surface area contributed by atoms with Gasteiger partial charge >= 0.3 is 6.18 Å². The Bertz CT molecular complexity index is 591. The van der Waals surface area contributed by atoms with E-state index >= 15 is 0 Å². The second-order valence-electron chi connectivity index (χ2n) is 4.05. The van der Waals surface area contributed by atoms with Crippen molar-refractivity contribution < 1.29 is 17.6 Å². The summed E-state index contributed by atoms with van der Waals surface area (Å²) in [5.74, 6) is -0.967. The zero-order valence-electron chi connectivity index (χ0n) is 10.5. The van der Waals surface area contributed by atoms with Crippen LogP contribution in [0, 0.1) is 12.2 Å². The second-order valence-corrected chi connectivity index (χ2v) is 4.05. The molecule has 0 atom stereocenters. The highest BCUT2D eigenvalue weighted by molar-refractivity contribution is 5.64. The fourth-order valence-corrected chi connectivity index (χ4v) is 1.68. The number of alkyl halides is 3. The van der Waals surface area contributed by atoms with Gasteiger partial charge in [-0.3, -0.25) is 4.98 Å². The van der Waals surface area contributed by atoms with E-state index < -0.39 is 23.2 Å². The smallest absolute Gasteiger partial charge is 0.351 e. The maximum Gasteiger partial charge on any atom is 0.418 e. The molecule has 0 saturated heterocycles. The molecule has 1 aromatic carbocycles. The molecule has 0 spiro atoms. The molecular formula is C14H11F4N2. The molecule has 1 heterocycles. The lowest BCUT2D eigenvalue weighted by atomic mass is 10.1. The first kappa shape index (κ1) is 14.3. The molecule has 20 heavy (non-hydrogen) atoms. The van der Waals surface area contributed by atoms with Crippen LogP contribution in [-0.2, 0) is 6.18 Å². The van der Waals surface area contributed by atoms with Crippen LogP contribution in [0.3, 0.4) is 0 Å². The molecule has 0 fully saturated rings. The minimum Gasteiger partial charge on any atom is -0.351 e. The highest BCUT2D eigenvalue weighted by atomic mass is 19.4. The third-order valence-corrected chi connectivity index (χ3v) is 2.67. The van der Waals surface area contributed by atoms with E-state index in [4.69, 9.17) is 0 Å². The molecule has 0 aliphatic carbocycles. The Morgan fingerprint density at radius 2 is 1.90 bits per heavy atom. The van der Waals surface area contributed by atoms with Gasteiger partial charge in [0.1, 0.15) is 5.82 Å². The molecule has 2 aromatic rings. The molecule has 2 rings (SSSR count). The number of anilines is 2. The number of rotatable bonds is 3. The first-order chi connectivity index (χ1) is 9.41. The van der Waals surface area contributed by atoms with Crippen LogP contribution >= 0.6 is 0 Å². The minimum atomic E-state index is -4.63. The molecule has 0 aliphatic heterocycles. The van der Waals surface area contributed by atoms with Crippen molar-refractivity contribution in [3.8, 4) is 0 Å². The van der Waals surface area contributed by atoms with E-state index in [0.717, 1.165) is 18.2 Å². The summed E-state index contributed by atoms with van der Waals surface area (Å²) in [7, 11) is 0. The van der Waals surface area contributed by atoms with Crippen LogP contribution in [0.25, 0.3) is 0 Å². The largest absolute Gasteiger partial charge is 0.418 e. The third kappa shape index (κ3) is 3.07. The van der Waals surface area contributed by atoms with Gasteiger partial charge in [0.25, 0.3) is 0 Å². The molecule has 1 radical (unpaired) electrons. The minimum absolute atomic E-state index is 0.284. The maximum absolute atomic E-state index is 13.6. The van der Waals surface area contributed by atoms with Crippen molar-refractivity contribution in [2.24, 2.45) is 0 Å². The molecular weight excluding hydrogens is 272 g/mol. The highest BCUT2D eigenvalue weighted by Gasteiger charge is 2.34. The zero-order valence-corrected chi connectivity index (χ0v) is 10.5. The van der Waals surface area contributed by atoms with Gasteiger partial charge in [-0.15, -0.1) is 0 Å². The summed E-state index contributed by atoms with van der Waals surface area (Å²) in [6.45, 7) is 1.79. The van der Waals surface area contributed by atoms with Gasteiger partial charge in [0, 0.05) is 12.1 Å². The van der Waals surface area contributed by atoms with E-state index in [0.29, 0.717) is 5.69 Å². The Balaban J connectivity index is 2.37. The van der Waals surface area contributed by atoms with E-state index in [1.807, 2.05) is 0 Å². The van der Waals surface area contributed by atoms with Crippen LogP contribution < -0.4 is 5.32 Å². The number of aromatic nitrogens is 1. The summed E-state index contributed by atoms with van der Waals surface area (Å²) >= 11 is 0. The standard InChI is InChI=1S/C14H11F4N2/c1-2-9-6-7-10(8-19-9)20-13-11(14(16,17)18)4-3-5-12(13)15/h2-8,20H,1H3. The molecule has 105 valence electrons. The molecule has 0 unspecified atom stereocenters. The second kappa shape index (κ2) is 5.48. The van der Waals surface area contributed by atoms with Gasteiger partial charge in [-0.05, 0) is 24.3 Å². The van der Waals surface area contributed by atoms with Crippen LogP contribution in [-0.4, -0.2) is 4.98 Å². The lowest BCUT2D eigenvalue weighted by Gasteiger charge is -2.15. The number of pyridine rings is 1. The molecule has 0 bridgehead atoms. The van der Waals surface area contributed by atoms with Gasteiger partial charge in [-0.2, -0.15) is 13.2 Å². The first-order valence-corrected chi connectivity index (χ1v) is 5.80. The predicted molar refractivity (Wildman–Crippen MR) is 68.0 cm³/mol. The number of para-hydroxylation sites is 1. The Labute approximate surface area is 113 Å². The average molecular weight is 283 g/mol. The molecule has 1 aromatic heterocycles. The Morgan fingerprint density at radius 3 is 2.45 bits per heavy atom. The van der Waals surface area contributed by atoms with Crippen LogP contribution in [0.1, 0.15) is 18.2 Å². The van der Waals surface area contributed by atoms with Crippen LogP contribution in [0.4, 0.5) is 28.9 Å². The Morgan fingerprint density at radius 1 is 1.15 bits per heavy atom. The van der Waals surface area contributed by atoms with Crippen LogP contribution in [0.2, 0.25) is 0 Å². The molecule has 1 N–H and O–H groups in total. The summed E-state index contributed by atoms with van der Waals surface area (Å²) in [5.41, 5.74) is -0.690. The van der Waals surface area contributed by atoms with Crippen LogP contribution in [0.15, 0.2) is 36.5 Å². The van der Waals surface area contributed by atoms with Crippen molar-refractivity contribution in [2.75, 3.05) is 5.32 Å². The number of hydrogen-bond donors (Lipinski definition) is 1. The average Bonchev–Trinajstić information content (AvgIpc) is 2.40. The van der Waals surface area contributed by atoms with Gasteiger partial charge in [0.15, 0.2) is 0 Å². The van der Waals surface area contributed by atoms with Crippen molar-refractivity contribution in [3.63, 3.8) is 0 Å². The van der Waals surface area contributed by atoms with E-state index in [9.17, 15) is 17.6 Å². The van der Waals surface area contributed by atoms with Crippen molar-refractivity contribution >= 4 is 11.4 Å². The topological polar surface area (TPSA) is 24.9 Å². The SMILES string of the molecule is C[CH]c1ccc(Nc2c(F)cccc2C(F)(F)F)cn1. The van der Waals surface area contributed by atoms with Crippen molar-refractivity contribution in [1.29, 1.82) is 0 Å². The molecule has 2 nitrogen and oxygen atoms in total. The summed E-state index contributed by atoms with van der Waals surface area (Å²) in [4.78, 5) is 3.99. The normalized spacial score (nSPS) is 11.4. The number of nitrogens with zero attached hydrogens (tertiary/aromatic N) is 1.